The number of pyridine rings is 1. The Kier molecular flexibility index (Phi) is 2.49. The molecule has 2 aromatic heterocycles. The zero-order valence-corrected chi connectivity index (χ0v) is 8.38. The van der Waals surface area contributed by atoms with E-state index in [9.17, 15) is 0 Å². The van der Waals surface area contributed by atoms with Gasteiger partial charge in [0.15, 0.2) is 5.82 Å². The zero-order chi connectivity index (χ0) is 10.7. The summed E-state index contributed by atoms with van der Waals surface area (Å²) in [5.74, 6) is 1.38. The van der Waals surface area contributed by atoms with E-state index in [0.29, 0.717) is 12.4 Å². The SMILES string of the molecule is Cn1cnnc1CNc1ccc(N)nc1. The van der Waals surface area contributed by atoms with Crippen LogP contribution in [0.2, 0.25) is 0 Å². The van der Waals surface area contributed by atoms with E-state index < -0.39 is 0 Å². The molecule has 0 fully saturated rings. The third-order valence-electron chi connectivity index (χ3n) is 2.04. The largest absolute Gasteiger partial charge is 0.384 e. The first-order chi connectivity index (χ1) is 7.25. The van der Waals surface area contributed by atoms with Gasteiger partial charge in [-0.1, -0.05) is 0 Å². The number of nitrogens with zero attached hydrogens (tertiary/aromatic N) is 4. The Hall–Kier alpha value is -2.11. The summed E-state index contributed by atoms with van der Waals surface area (Å²) in [7, 11) is 1.90. The Balaban J connectivity index is 1.99. The van der Waals surface area contributed by atoms with Crippen molar-refractivity contribution in [2.45, 2.75) is 6.54 Å². The molecule has 2 heterocycles. The monoisotopic (exact) mass is 204 g/mol. The lowest BCUT2D eigenvalue weighted by Crippen LogP contribution is -2.06. The second-order valence-corrected chi connectivity index (χ2v) is 3.18. The number of anilines is 2. The summed E-state index contributed by atoms with van der Waals surface area (Å²) >= 11 is 0. The lowest BCUT2D eigenvalue weighted by molar-refractivity contribution is 0.812. The lowest BCUT2D eigenvalue weighted by Gasteiger charge is -2.04. The van der Waals surface area contributed by atoms with E-state index in [0.717, 1.165) is 11.5 Å². The second kappa shape index (κ2) is 3.95. The minimum absolute atomic E-state index is 0.513. The minimum Gasteiger partial charge on any atom is -0.384 e. The number of aromatic nitrogens is 4. The molecular formula is C9H12N6. The van der Waals surface area contributed by atoms with Gasteiger partial charge < -0.3 is 15.6 Å². The van der Waals surface area contributed by atoms with Gasteiger partial charge in [-0.15, -0.1) is 10.2 Å². The molecule has 0 bridgehead atoms. The lowest BCUT2D eigenvalue weighted by atomic mass is 10.4. The van der Waals surface area contributed by atoms with E-state index in [1.807, 2.05) is 17.7 Å². The molecule has 0 saturated carbocycles. The highest BCUT2D eigenvalue weighted by molar-refractivity contribution is 5.45. The Morgan fingerprint density at radius 2 is 2.33 bits per heavy atom. The minimum atomic E-state index is 0.513. The molecule has 0 aliphatic carbocycles. The van der Waals surface area contributed by atoms with Gasteiger partial charge in [0.2, 0.25) is 0 Å². The maximum Gasteiger partial charge on any atom is 0.151 e. The number of rotatable bonds is 3. The van der Waals surface area contributed by atoms with Crippen molar-refractivity contribution in [1.29, 1.82) is 0 Å². The maximum atomic E-state index is 5.48. The quantitative estimate of drug-likeness (QED) is 0.756. The van der Waals surface area contributed by atoms with Crippen molar-refractivity contribution in [3.63, 3.8) is 0 Å². The smallest absolute Gasteiger partial charge is 0.151 e. The molecule has 0 spiro atoms. The second-order valence-electron chi connectivity index (χ2n) is 3.18. The molecule has 0 amide bonds. The van der Waals surface area contributed by atoms with Gasteiger partial charge in [-0.25, -0.2) is 4.98 Å². The van der Waals surface area contributed by atoms with Crippen LogP contribution < -0.4 is 11.1 Å². The van der Waals surface area contributed by atoms with Crippen molar-refractivity contribution in [2.75, 3.05) is 11.1 Å². The van der Waals surface area contributed by atoms with Gasteiger partial charge in [-0.05, 0) is 12.1 Å². The van der Waals surface area contributed by atoms with E-state index in [1.165, 1.54) is 0 Å². The van der Waals surface area contributed by atoms with Gasteiger partial charge in [-0.3, -0.25) is 0 Å². The van der Waals surface area contributed by atoms with Crippen LogP contribution in [0.3, 0.4) is 0 Å². The van der Waals surface area contributed by atoms with Crippen LogP contribution >= 0.6 is 0 Å². The van der Waals surface area contributed by atoms with Crippen LogP contribution in [0.4, 0.5) is 11.5 Å². The fraction of sp³-hybridized carbons (Fsp3) is 0.222. The van der Waals surface area contributed by atoms with Gasteiger partial charge in [0.1, 0.15) is 12.1 Å². The van der Waals surface area contributed by atoms with Crippen LogP contribution in [0.1, 0.15) is 5.82 Å². The van der Waals surface area contributed by atoms with E-state index in [1.54, 1.807) is 18.6 Å². The molecule has 0 unspecified atom stereocenters. The van der Waals surface area contributed by atoms with E-state index in [4.69, 9.17) is 5.73 Å². The third-order valence-corrected chi connectivity index (χ3v) is 2.04. The summed E-state index contributed by atoms with van der Waals surface area (Å²) in [6.07, 6.45) is 3.35. The summed E-state index contributed by atoms with van der Waals surface area (Å²) in [6, 6.07) is 3.62. The number of hydrogen-bond acceptors (Lipinski definition) is 5. The predicted octanol–water partition coefficient (Wildman–Crippen LogP) is 0.404. The normalized spacial score (nSPS) is 10.2. The number of hydrogen-bond donors (Lipinski definition) is 2. The van der Waals surface area contributed by atoms with Crippen molar-refractivity contribution in [3.05, 3.63) is 30.5 Å². The molecule has 0 radical (unpaired) electrons. The summed E-state index contributed by atoms with van der Waals surface area (Å²) < 4.78 is 1.86. The fourth-order valence-corrected chi connectivity index (χ4v) is 1.16. The van der Waals surface area contributed by atoms with E-state index in [2.05, 4.69) is 20.5 Å². The Morgan fingerprint density at radius 1 is 1.47 bits per heavy atom. The van der Waals surface area contributed by atoms with Gasteiger partial charge in [-0.2, -0.15) is 0 Å². The first kappa shape index (κ1) is 9.45. The van der Waals surface area contributed by atoms with Crippen LogP contribution in [0.25, 0.3) is 0 Å². The predicted molar refractivity (Wildman–Crippen MR) is 57.0 cm³/mol. The summed E-state index contributed by atoms with van der Waals surface area (Å²) in [6.45, 7) is 0.613. The average molecular weight is 204 g/mol. The third kappa shape index (κ3) is 2.22. The Labute approximate surface area is 87.2 Å². The van der Waals surface area contributed by atoms with Crippen LogP contribution in [-0.4, -0.2) is 19.7 Å². The number of nitrogens with two attached hydrogens (primary N) is 1. The summed E-state index contributed by atoms with van der Waals surface area (Å²) in [5.41, 5.74) is 6.39. The standard InChI is InChI=1S/C9H12N6/c1-15-6-13-14-9(15)5-11-7-2-3-8(10)12-4-7/h2-4,6,11H,5H2,1H3,(H2,10,12). The van der Waals surface area contributed by atoms with Crippen molar-refractivity contribution < 1.29 is 0 Å². The highest BCUT2D eigenvalue weighted by atomic mass is 15.3. The molecule has 15 heavy (non-hydrogen) atoms. The highest BCUT2D eigenvalue weighted by Gasteiger charge is 1.99. The number of nitrogens with one attached hydrogen (secondary N) is 1. The number of aryl methyl sites for hydroxylation is 1. The molecular weight excluding hydrogens is 192 g/mol. The zero-order valence-electron chi connectivity index (χ0n) is 8.38. The molecule has 78 valence electrons. The maximum absolute atomic E-state index is 5.48. The summed E-state index contributed by atoms with van der Waals surface area (Å²) in [5, 5.41) is 10.9. The number of nitrogen functional groups attached to an aromatic ring is 1. The van der Waals surface area contributed by atoms with Gasteiger partial charge >= 0.3 is 0 Å². The van der Waals surface area contributed by atoms with Crippen LogP contribution in [-0.2, 0) is 13.6 Å². The van der Waals surface area contributed by atoms with Crippen molar-refractivity contribution in [1.82, 2.24) is 19.7 Å². The van der Waals surface area contributed by atoms with Gasteiger partial charge in [0.25, 0.3) is 0 Å². The molecule has 2 rings (SSSR count). The topological polar surface area (TPSA) is 81.7 Å². The van der Waals surface area contributed by atoms with Crippen molar-refractivity contribution in [3.8, 4) is 0 Å². The average Bonchev–Trinajstić information content (AvgIpc) is 2.63. The van der Waals surface area contributed by atoms with Crippen LogP contribution in [0.5, 0.6) is 0 Å². The molecule has 0 atom stereocenters. The molecule has 0 aliphatic rings. The van der Waals surface area contributed by atoms with Gasteiger partial charge in [0.05, 0.1) is 18.4 Å². The van der Waals surface area contributed by atoms with E-state index >= 15 is 0 Å². The molecule has 6 heteroatoms. The highest BCUT2D eigenvalue weighted by Crippen LogP contribution is 2.07. The molecule has 0 aliphatic heterocycles. The first-order valence-electron chi connectivity index (χ1n) is 4.54. The van der Waals surface area contributed by atoms with Gasteiger partial charge in [0, 0.05) is 7.05 Å². The van der Waals surface area contributed by atoms with Crippen LogP contribution in [0, 0.1) is 0 Å². The fourth-order valence-electron chi connectivity index (χ4n) is 1.16. The first-order valence-corrected chi connectivity index (χ1v) is 4.54. The molecule has 0 aromatic carbocycles. The molecule has 0 saturated heterocycles. The van der Waals surface area contributed by atoms with E-state index in [-0.39, 0.29) is 0 Å². The van der Waals surface area contributed by atoms with Crippen molar-refractivity contribution >= 4 is 11.5 Å². The molecule has 3 N–H and O–H groups in total. The Bertz CT molecular complexity index is 432. The molecule has 2 aromatic rings. The molecule has 6 nitrogen and oxygen atoms in total. The van der Waals surface area contributed by atoms with Crippen LogP contribution in [0.15, 0.2) is 24.7 Å². The Morgan fingerprint density at radius 3 is 2.93 bits per heavy atom. The van der Waals surface area contributed by atoms with Crippen molar-refractivity contribution in [2.24, 2.45) is 7.05 Å². The summed E-state index contributed by atoms with van der Waals surface area (Å²) in [4.78, 5) is 3.97.